The maximum Gasteiger partial charge on any atom is 0.0731 e. The first-order valence-electron chi connectivity index (χ1n) is 47.6. The molecule has 25 aromatic carbocycles. The molecule has 3 spiro atoms. The van der Waals surface area contributed by atoms with Gasteiger partial charge in [-0.05, 0) is 315 Å². The highest BCUT2D eigenvalue weighted by Gasteiger charge is 2.65. The van der Waals surface area contributed by atoms with Crippen molar-refractivity contribution in [2.24, 2.45) is 0 Å². The standard InChI is InChI=1S/C135H78/c1-4-40-85-79(34-1)37-31-61-94(85)124-103-55-13-7-49-97(103)121(98-50-8-14-56-104(98)124)82-70-73-109-118(76-82)133(112-64-25-19-43-88(112)89-44-20-26-65-113(89)133)130-127(109)131-129(111-75-72-84(78-120(111)134(131)114-66-27-21-45-90(114)91-46-22-28-67-115(91)134)123-101-53-11-17-59-107(101)126(108-60-18-12-54-102(108)123)96-63-33-39-81-36-3-6-42-87(81)96)132-128(130)110-74-71-83(77-119(110)135(132)116-68-29-23-47-92(116)93-48-24-30-69-117(93)135)122-99-51-9-15-57-105(99)125(106-58-16-10-52-100(106)122)95-62-32-38-80-35-2-5-41-86(80)95/h1-78H. The Balaban J connectivity index is 0.781. The van der Waals surface area contributed by atoms with E-state index < -0.39 is 16.2 Å². The van der Waals surface area contributed by atoms with E-state index in [1.807, 2.05) is 0 Å². The van der Waals surface area contributed by atoms with Gasteiger partial charge in [0.15, 0.2) is 0 Å². The van der Waals surface area contributed by atoms with Crippen molar-refractivity contribution >= 4 is 97.0 Å². The first-order valence-corrected chi connectivity index (χ1v) is 47.6. The highest BCUT2D eigenvalue weighted by atomic mass is 14.7. The number of hydrogen-bond acceptors (Lipinski definition) is 0. The van der Waals surface area contributed by atoms with Crippen molar-refractivity contribution in [3.05, 3.63) is 540 Å². The van der Waals surface area contributed by atoms with Gasteiger partial charge >= 0.3 is 0 Å². The fraction of sp³-hybridized carbons (Fsp3) is 0.0222. The van der Waals surface area contributed by atoms with Gasteiger partial charge in [-0.15, -0.1) is 0 Å². The second-order valence-electron chi connectivity index (χ2n) is 38.2. The zero-order chi connectivity index (χ0) is 87.8. The van der Waals surface area contributed by atoms with Gasteiger partial charge in [0.2, 0.25) is 0 Å². The van der Waals surface area contributed by atoms with Crippen LogP contribution in [-0.4, -0.2) is 0 Å². The summed E-state index contributed by atoms with van der Waals surface area (Å²) in [5.41, 5.74) is 42.8. The molecule has 0 amide bonds. The Kier molecular flexibility index (Phi) is 14.7. The summed E-state index contributed by atoms with van der Waals surface area (Å²) in [5, 5.41) is 22.1. The molecule has 0 nitrogen and oxygen atoms in total. The second kappa shape index (κ2) is 27.0. The van der Waals surface area contributed by atoms with Crippen LogP contribution in [0.3, 0.4) is 0 Å². The summed E-state index contributed by atoms with van der Waals surface area (Å²) in [6.45, 7) is 0. The first kappa shape index (κ1) is 73.6. The fourth-order valence-corrected chi connectivity index (χ4v) is 27.7. The number of benzene rings is 25. The van der Waals surface area contributed by atoms with Crippen molar-refractivity contribution in [1.29, 1.82) is 0 Å². The maximum absolute atomic E-state index is 2.73. The minimum atomic E-state index is -0.952. The van der Waals surface area contributed by atoms with Crippen LogP contribution in [0.4, 0.5) is 0 Å². The Bertz CT molecular complexity index is 8500. The van der Waals surface area contributed by atoms with E-state index in [2.05, 4.69) is 473 Å². The van der Waals surface area contributed by atoms with Crippen LogP contribution in [0.1, 0.15) is 66.8 Å². The van der Waals surface area contributed by atoms with Crippen LogP contribution in [0, 0.1) is 0 Å². The Morgan fingerprint density at radius 1 is 0.104 bits per heavy atom. The Hall–Kier alpha value is -17.2. The summed E-state index contributed by atoms with van der Waals surface area (Å²) in [6, 6.07) is 185. The molecule has 0 bridgehead atoms. The molecule has 0 saturated heterocycles. The quantitative estimate of drug-likeness (QED) is 0.146. The van der Waals surface area contributed by atoms with Crippen LogP contribution in [0.15, 0.2) is 473 Å². The normalized spacial score (nSPS) is 14.0. The van der Waals surface area contributed by atoms with Crippen LogP contribution in [0.2, 0.25) is 0 Å². The van der Waals surface area contributed by atoms with Crippen LogP contribution < -0.4 is 0 Å². The van der Waals surface area contributed by atoms with Gasteiger partial charge in [-0.2, -0.15) is 0 Å². The molecule has 0 atom stereocenters. The highest BCUT2D eigenvalue weighted by molar-refractivity contribution is 6.28. The zero-order valence-corrected chi connectivity index (χ0v) is 73.5. The summed E-state index contributed by atoms with van der Waals surface area (Å²) in [6.07, 6.45) is 0. The number of fused-ring (bicyclic) bond motifs is 42. The van der Waals surface area contributed by atoms with Crippen molar-refractivity contribution in [2.75, 3.05) is 0 Å². The van der Waals surface area contributed by atoms with Crippen molar-refractivity contribution in [2.45, 2.75) is 16.2 Å². The molecular formula is C135H78. The van der Waals surface area contributed by atoms with E-state index in [4.69, 9.17) is 0 Å². The summed E-state index contributed by atoms with van der Waals surface area (Å²) < 4.78 is 0. The topological polar surface area (TPSA) is 0 Å². The molecule has 0 aromatic heterocycles. The lowest BCUT2D eigenvalue weighted by molar-refractivity contribution is 0.764. The van der Waals surface area contributed by atoms with E-state index in [1.165, 1.54) is 297 Å². The monoisotopic (exact) mass is 1700 g/mol. The molecule has 6 aliphatic carbocycles. The smallest absolute Gasteiger partial charge is 0.0619 e. The Labute approximate surface area is 780 Å². The van der Waals surface area contributed by atoms with Gasteiger partial charge in [-0.1, -0.05) is 455 Å². The van der Waals surface area contributed by atoms with Crippen LogP contribution in [-0.2, 0) is 16.2 Å². The molecule has 0 heterocycles. The average Bonchev–Trinajstić information content (AvgIpc) is 1.45. The molecule has 0 aliphatic heterocycles. The van der Waals surface area contributed by atoms with E-state index >= 15 is 0 Å². The highest BCUT2D eigenvalue weighted by Crippen LogP contribution is 2.78. The molecule has 135 heavy (non-hydrogen) atoms. The Morgan fingerprint density at radius 2 is 0.274 bits per heavy atom. The third-order valence-electron chi connectivity index (χ3n) is 32.4. The lowest BCUT2D eigenvalue weighted by Gasteiger charge is -2.37. The van der Waals surface area contributed by atoms with Crippen molar-refractivity contribution in [3.8, 4) is 134 Å². The van der Waals surface area contributed by atoms with Gasteiger partial charge in [0.05, 0.1) is 16.2 Å². The predicted octanol–water partition coefficient (Wildman–Crippen LogP) is 35.1. The molecule has 0 N–H and O–H groups in total. The molecule has 618 valence electrons. The minimum absolute atomic E-state index is 0.952. The lowest BCUT2D eigenvalue weighted by atomic mass is 9.63. The van der Waals surface area contributed by atoms with Gasteiger partial charge < -0.3 is 0 Å². The molecule has 31 rings (SSSR count). The molecule has 0 saturated carbocycles. The van der Waals surface area contributed by atoms with Gasteiger partial charge in [0, 0.05) is 0 Å². The lowest BCUT2D eigenvalue weighted by Crippen LogP contribution is -2.31. The minimum Gasteiger partial charge on any atom is -0.0619 e. The molecule has 0 heteroatoms. The summed E-state index contributed by atoms with van der Waals surface area (Å²) in [7, 11) is 0. The number of rotatable bonds is 6. The zero-order valence-electron chi connectivity index (χ0n) is 73.5. The van der Waals surface area contributed by atoms with Crippen LogP contribution in [0.25, 0.3) is 230 Å². The third-order valence-corrected chi connectivity index (χ3v) is 32.4. The maximum atomic E-state index is 2.73. The van der Waals surface area contributed by atoms with Crippen LogP contribution >= 0.6 is 0 Å². The van der Waals surface area contributed by atoms with Crippen molar-refractivity contribution in [3.63, 3.8) is 0 Å². The van der Waals surface area contributed by atoms with Gasteiger partial charge in [0.1, 0.15) is 0 Å². The molecule has 0 radical (unpaired) electrons. The molecule has 6 aliphatic rings. The van der Waals surface area contributed by atoms with E-state index in [0.29, 0.717) is 0 Å². The van der Waals surface area contributed by atoms with E-state index in [0.717, 1.165) is 0 Å². The molecular weight excluding hydrogens is 1620 g/mol. The first-order chi connectivity index (χ1) is 67.1. The summed E-state index contributed by atoms with van der Waals surface area (Å²) in [4.78, 5) is 0. The number of hydrogen-bond donors (Lipinski definition) is 0. The summed E-state index contributed by atoms with van der Waals surface area (Å²) in [5.74, 6) is 0. The molecule has 25 aromatic rings. The van der Waals surface area contributed by atoms with E-state index in [1.54, 1.807) is 0 Å². The molecule has 0 fully saturated rings. The fourth-order valence-electron chi connectivity index (χ4n) is 27.7. The second-order valence-corrected chi connectivity index (χ2v) is 38.2. The Morgan fingerprint density at radius 3 is 0.496 bits per heavy atom. The van der Waals surface area contributed by atoms with E-state index in [-0.39, 0.29) is 0 Å². The SMILES string of the molecule is c1ccc2c(c1)-c1ccccc1C21c2cc(-c3c4ccccc4c(-c4cccc5ccccc45)c4ccccc34)ccc2-c2c1c1c(c3c2C2(c4ccccc4-c4ccccc42)c2cc(-c4c5ccccc5c(-c5cccc6ccccc56)c5ccccc45)ccc2-3)C2(c3ccccc3-c3ccccc32)c2cc(-c3c4ccccc4c(-c4cccc5ccccc45)c4ccccc34)ccc2-1. The van der Waals surface area contributed by atoms with Gasteiger partial charge in [-0.25, -0.2) is 0 Å². The average molecular weight is 1700 g/mol. The van der Waals surface area contributed by atoms with Crippen molar-refractivity contribution < 1.29 is 0 Å². The van der Waals surface area contributed by atoms with Crippen molar-refractivity contribution in [1.82, 2.24) is 0 Å². The van der Waals surface area contributed by atoms with Gasteiger partial charge in [-0.3, -0.25) is 0 Å². The van der Waals surface area contributed by atoms with Crippen LogP contribution in [0.5, 0.6) is 0 Å². The van der Waals surface area contributed by atoms with E-state index in [9.17, 15) is 0 Å². The third kappa shape index (κ3) is 9.22. The molecule has 0 unspecified atom stereocenters. The largest absolute Gasteiger partial charge is 0.0731 e. The predicted molar refractivity (Wildman–Crippen MR) is 566 cm³/mol. The summed E-state index contributed by atoms with van der Waals surface area (Å²) >= 11 is 0. The van der Waals surface area contributed by atoms with Gasteiger partial charge in [0.25, 0.3) is 0 Å².